The lowest BCUT2D eigenvalue weighted by Crippen LogP contribution is -2.43. The van der Waals surface area contributed by atoms with Crippen molar-refractivity contribution in [3.05, 3.63) is 52.2 Å². The molecule has 1 amide bonds. The third-order valence-corrected chi connectivity index (χ3v) is 8.58. The van der Waals surface area contributed by atoms with E-state index in [1.807, 2.05) is 17.5 Å². The second kappa shape index (κ2) is 9.98. The number of carbonyl (C=O) groups excluding carboxylic acids is 1. The molecule has 0 atom stereocenters. The third-order valence-electron chi connectivity index (χ3n) is 4.43. The van der Waals surface area contributed by atoms with Crippen molar-refractivity contribution in [1.29, 1.82) is 0 Å². The highest BCUT2D eigenvalue weighted by atomic mass is 32.2. The summed E-state index contributed by atoms with van der Waals surface area (Å²) in [6.07, 6.45) is 0. The van der Waals surface area contributed by atoms with Crippen molar-refractivity contribution in [3.8, 4) is 0 Å². The molecule has 1 aliphatic rings. The second-order valence-corrected chi connectivity index (χ2v) is 11.4. The standard InChI is InChI=1S/C18H23N3O6S3/c22-18(19-6-12-29(23,24)21-7-9-27-10-8-21)15-3-1-5-17(13-15)30(25,26)20-14-16-4-2-11-28-16/h1-5,11,13,20H,6-10,12,14H2,(H,19,22). The van der Waals surface area contributed by atoms with E-state index in [2.05, 4.69) is 10.0 Å². The zero-order valence-electron chi connectivity index (χ0n) is 16.1. The molecule has 0 aliphatic carbocycles. The van der Waals surface area contributed by atoms with Crippen LogP contribution in [-0.2, 0) is 31.3 Å². The minimum Gasteiger partial charge on any atom is -0.379 e. The van der Waals surface area contributed by atoms with Gasteiger partial charge in [-0.1, -0.05) is 12.1 Å². The molecule has 0 saturated carbocycles. The van der Waals surface area contributed by atoms with Crippen LogP contribution >= 0.6 is 11.3 Å². The second-order valence-electron chi connectivity index (χ2n) is 6.52. The normalized spacial score (nSPS) is 15.7. The molecule has 2 N–H and O–H groups in total. The highest BCUT2D eigenvalue weighted by molar-refractivity contribution is 7.89. The van der Waals surface area contributed by atoms with Crippen molar-refractivity contribution in [2.45, 2.75) is 11.4 Å². The molecular weight excluding hydrogens is 450 g/mol. The first-order valence-corrected chi connectivity index (χ1v) is 13.2. The van der Waals surface area contributed by atoms with E-state index in [0.717, 1.165) is 4.88 Å². The summed E-state index contributed by atoms with van der Waals surface area (Å²) in [5, 5.41) is 4.39. The molecule has 1 aliphatic heterocycles. The van der Waals surface area contributed by atoms with Crippen molar-refractivity contribution in [3.63, 3.8) is 0 Å². The molecule has 30 heavy (non-hydrogen) atoms. The topological polar surface area (TPSA) is 122 Å². The predicted octanol–water partition coefficient (Wildman–Crippen LogP) is 0.618. The van der Waals surface area contributed by atoms with Gasteiger partial charge in [-0.05, 0) is 29.6 Å². The van der Waals surface area contributed by atoms with E-state index < -0.39 is 26.0 Å². The largest absolute Gasteiger partial charge is 0.379 e. The maximum Gasteiger partial charge on any atom is 0.251 e. The maximum absolute atomic E-state index is 12.5. The van der Waals surface area contributed by atoms with E-state index in [1.165, 1.54) is 39.9 Å². The van der Waals surface area contributed by atoms with Gasteiger partial charge in [-0.15, -0.1) is 11.3 Å². The molecule has 1 aromatic carbocycles. The minimum atomic E-state index is -3.79. The van der Waals surface area contributed by atoms with Gasteiger partial charge in [-0.2, -0.15) is 4.31 Å². The summed E-state index contributed by atoms with van der Waals surface area (Å²) in [4.78, 5) is 13.2. The Morgan fingerprint density at radius 2 is 1.87 bits per heavy atom. The molecule has 164 valence electrons. The van der Waals surface area contributed by atoms with E-state index >= 15 is 0 Å². The Bertz CT molecular complexity index is 1060. The minimum absolute atomic E-state index is 0.0346. The smallest absolute Gasteiger partial charge is 0.251 e. The van der Waals surface area contributed by atoms with Gasteiger partial charge in [0.15, 0.2) is 0 Å². The highest BCUT2D eigenvalue weighted by Gasteiger charge is 2.24. The number of hydrogen-bond acceptors (Lipinski definition) is 7. The van der Waals surface area contributed by atoms with Gasteiger partial charge in [0, 0.05) is 36.6 Å². The van der Waals surface area contributed by atoms with E-state index in [4.69, 9.17) is 4.74 Å². The summed E-state index contributed by atoms with van der Waals surface area (Å²) in [5.41, 5.74) is 0.137. The van der Waals surface area contributed by atoms with Gasteiger partial charge in [0.1, 0.15) is 0 Å². The van der Waals surface area contributed by atoms with Crippen LogP contribution in [0.15, 0.2) is 46.7 Å². The molecule has 3 rings (SSSR count). The van der Waals surface area contributed by atoms with Crippen LogP contribution < -0.4 is 10.0 Å². The SMILES string of the molecule is O=C(NCCS(=O)(=O)N1CCOCC1)c1cccc(S(=O)(=O)NCc2cccs2)c1. The molecule has 0 bridgehead atoms. The fourth-order valence-corrected chi connectivity index (χ4v) is 5.93. The number of nitrogens with one attached hydrogen (secondary N) is 2. The van der Waals surface area contributed by atoms with Gasteiger partial charge in [0.05, 0.1) is 23.9 Å². The van der Waals surface area contributed by atoms with Crippen molar-refractivity contribution in [2.75, 3.05) is 38.6 Å². The summed E-state index contributed by atoms with van der Waals surface area (Å²) in [7, 11) is -7.28. The molecule has 1 fully saturated rings. The van der Waals surface area contributed by atoms with Gasteiger partial charge in [-0.3, -0.25) is 4.79 Å². The Morgan fingerprint density at radius 3 is 2.57 bits per heavy atom. The molecule has 1 aromatic heterocycles. The van der Waals surface area contributed by atoms with Crippen LogP contribution in [-0.4, -0.2) is 65.6 Å². The average molecular weight is 474 g/mol. The number of carbonyl (C=O) groups is 1. The van der Waals surface area contributed by atoms with Crippen LogP contribution in [0.4, 0.5) is 0 Å². The molecule has 12 heteroatoms. The number of hydrogen-bond donors (Lipinski definition) is 2. The van der Waals surface area contributed by atoms with E-state index in [0.29, 0.717) is 26.3 Å². The predicted molar refractivity (Wildman–Crippen MR) is 113 cm³/mol. The number of ether oxygens (including phenoxy) is 1. The van der Waals surface area contributed by atoms with E-state index in [-0.39, 0.29) is 29.3 Å². The van der Waals surface area contributed by atoms with Crippen LogP contribution in [0.2, 0.25) is 0 Å². The van der Waals surface area contributed by atoms with Gasteiger partial charge in [0.25, 0.3) is 5.91 Å². The number of nitrogens with zero attached hydrogens (tertiary/aromatic N) is 1. The summed E-state index contributed by atoms with van der Waals surface area (Å²) < 4.78 is 58.5. The van der Waals surface area contributed by atoms with Crippen LogP contribution in [0.25, 0.3) is 0 Å². The Balaban J connectivity index is 1.57. The Kier molecular flexibility index (Phi) is 7.60. The lowest BCUT2D eigenvalue weighted by molar-refractivity contribution is 0.0730. The molecule has 9 nitrogen and oxygen atoms in total. The average Bonchev–Trinajstić information content (AvgIpc) is 3.27. The number of thiophene rings is 1. The Labute approximate surface area is 180 Å². The lowest BCUT2D eigenvalue weighted by Gasteiger charge is -2.26. The number of morpholine rings is 1. The summed E-state index contributed by atoms with van der Waals surface area (Å²) in [5.74, 6) is -0.776. The first-order valence-electron chi connectivity index (χ1n) is 9.24. The first-order chi connectivity index (χ1) is 14.3. The monoisotopic (exact) mass is 473 g/mol. The van der Waals surface area contributed by atoms with Crippen LogP contribution in [0.1, 0.15) is 15.2 Å². The third kappa shape index (κ3) is 6.09. The number of sulfonamides is 2. The fraction of sp³-hybridized carbons (Fsp3) is 0.389. The molecule has 0 radical (unpaired) electrons. The van der Waals surface area contributed by atoms with Gasteiger partial charge in [0.2, 0.25) is 20.0 Å². The molecular formula is C18H23N3O6S3. The summed E-state index contributed by atoms with van der Waals surface area (Å²) >= 11 is 1.44. The van der Waals surface area contributed by atoms with Crippen LogP contribution in [0.3, 0.4) is 0 Å². The molecule has 2 aromatic rings. The molecule has 1 saturated heterocycles. The maximum atomic E-state index is 12.5. The number of benzene rings is 1. The Morgan fingerprint density at radius 1 is 1.10 bits per heavy atom. The number of rotatable bonds is 9. The van der Waals surface area contributed by atoms with E-state index in [9.17, 15) is 21.6 Å². The number of amides is 1. The van der Waals surface area contributed by atoms with Crippen LogP contribution in [0.5, 0.6) is 0 Å². The van der Waals surface area contributed by atoms with Crippen molar-refractivity contribution in [2.24, 2.45) is 0 Å². The van der Waals surface area contributed by atoms with Crippen molar-refractivity contribution in [1.82, 2.24) is 14.3 Å². The zero-order chi connectivity index (χ0) is 21.6. The van der Waals surface area contributed by atoms with Gasteiger partial charge in [-0.25, -0.2) is 21.6 Å². The van der Waals surface area contributed by atoms with Gasteiger partial charge < -0.3 is 10.1 Å². The van der Waals surface area contributed by atoms with Crippen molar-refractivity contribution >= 4 is 37.3 Å². The van der Waals surface area contributed by atoms with Crippen molar-refractivity contribution < 1.29 is 26.4 Å². The molecule has 0 unspecified atom stereocenters. The highest BCUT2D eigenvalue weighted by Crippen LogP contribution is 2.14. The zero-order valence-corrected chi connectivity index (χ0v) is 18.6. The lowest BCUT2D eigenvalue weighted by atomic mass is 10.2. The van der Waals surface area contributed by atoms with E-state index in [1.54, 1.807) is 0 Å². The first kappa shape index (κ1) is 22.8. The summed E-state index contributed by atoms with van der Waals surface area (Å²) in [6.45, 7) is 1.39. The summed E-state index contributed by atoms with van der Waals surface area (Å²) in [6, 6.07) is 9.27. The molecule has 2 heterocycles. The Hall–Kier alpha value is -1.83. The quantitative estimate of drug-likeness (QED) is 0.551. The molecule has 0 spiro atoms. The van der Waals surface area contributed by atoms with Crippen LogP contribution in [0, 0.1) is 0 Å². The fourth-order valence-electron chi connectivity index (χ4n) is 2.82. The van der Waals surface area contributed by atoms with Gasteiger partial charge >= 0.3 is 0 Å².